The summed E-state index contributed by atoms with van der Waals surface area (Å²) in [5.74, 6) is 1.48. The number of alkyl halides is 3. The molecule has 30 heavy (non-hydrogen) atoms. The second kappa shape index (κ2) is 10.1. The molecular formula is C22H29F3N4O. The molecule has 5 nitrogen and oxygen atoms in total. The quantitative estimate of drug-likeness (QED) is 0.693. The number of carbonyl (C=O) groups excluding carboxylic acids is 1. The SMILES string of the molecule is CCn1ccnc1CN1CCC(CCC(=O)NCc2cccc(C(F)(F)F)c2)CC1. The molecule has 1 aromatic heterocycles. The summed E-state index contributed by atoms with van der Waals surface area (Å²) in [5.41, 5.74) is -0.237. The van der Waals surface area contributed by atoms with E-state index in [9.17, 15) is 18.0 Å². The third-order valence-corrected chi connectivity index (χ3v) is 5.74. The molecule has 2 aromatic rings. The monoisotopic (exact) mass is 422 g/mol. The number of benzene rings is 1. The van der Waals surface area contributed by atoms with Gasteiger partial charge in [0, 0.05) is 31.9 Å². The van der Waals surface area contributed by atoms with E-state index in [0.29, 0.717) is 17.9 Å². The molecule has 3 rings (SSSR count). The van der Waals surface area contributed by atoms with E-state index in [0.717, 1.165) is 63.4 Å². The van der Waals surface area contributed by atoms with Gasteiger partial charge in [-0.25, -0.2) is 4.98 Å². The predicted molar refractivity (Wildman–Crippen MR) is 108 cm³/mol. The molecule has 0 unspecified atom stereocenters. The molecule has 0 bridgehead atoms. The maximum atomic E-state index is 12.8. The van der Waals surface area contributed by atoms with Crippen molar-refractivity contribution in [1.82, 2.24) is 19.8 Å². The van der Waals surface area contributed by atoms with Crippen LogP contribution in [0.25, 0.3) is 0 Å². The third-order valence-electron chi connectivity index (χ3n) is 5.74. The van der Waals surface area contributed by atoms with Crippen LogP contribution < -0.4 is 5.32 Å². The van der Waals surface area contributed by atoms with Gasteiger partial charge in [-0.1, -0.05) is 12.1 Å². The standard InChI is InChI=1S/C22H29F3N4O/c1-2-29-13-10-26-20(29)16-28-11-8-17(9-12-28)6-7-21(30)27-15-18-4-3-5-19(14-18)22(23,24)25/h3-5,10,13-14,17H,2,6-9,11-12,15-16H2,1H3,(H,27,30). The Balaban J connectivity index is 1.36. The van der Waals surface area contributed by atoms with Gasteiger partial charge in [0.05, 0.1) is 12.1 Å². The number of aryl methyl sites for hydroxylation is 1. The Hall–Kier alpha value is -2.35. The lowest BCUT2D eigenvalue weighted by atomic mass is 9.92. The molecule has 8 heteroatoms. The number of nitrogens with one attached hydrogen (secondary N) is 1. The Kier molecular flexibility index (Phi) is 7.53. The van der Waals surface area contributed by atoms with E-state index in [1.165, 1.54) is 6.07 Å². The first-order valence-corrected chi connectivity index (χ1v) is 10.5. The Morgan fingerprint density at radius 3 is 2.73 bits per heavy atom. The second-order valence-corrected chi connectivity index (χ2v) is 7.86. The van der Waals surface area contributed by atoms with Crippen LogP contribution in [-0.2, 0) is 30.6 Å². The summed E-state index contributed by atoms with van der Waals surface area (Å²) in [6.07, 6.45) is 2.78. The van der Waals surface area contributed by atoms with Gasteiger partial charge in [0.1, 0.15) is 5.82 Å². The van der Waals surface area contributed by atoms with Crippen molar-refractivity contribution in [3.63, 3.8) is 0 Å². The first-order chi connectivity index (χ1) is 14.3. The van der Waals surface area contributed by atoms with Gasteiger partial charge in [0.2, 0.25) is 5.91 Å². The van der Waals surface area contributed by atoms with Gasteiger partial charge in [-0.15, -0.1) is 0 Å². The van der Waals surface area contributed by atoms with Crippen LogP contribution in [0.2, 0.25) is 0 Å². The number of likely N-dealkylation sites (tertiary alicyclic amines) is 1. The zero-order valence-electron chi connectivity index (χ0n) is 17.3. The summed E-state index contributed by atoms with van der Waals surface area (Å²) in [5, 5.41) is 2.74. The highest BCUT2D eigenvalue weighted by Crippen LogP contribution is 2.29. The Bertz CT molecular complexity index is 826. The van der Waals surface area contributed by atoms with Gasteiger partial charge in [0.15, 0.2) is 0 Å². The number of nitrogens with zero attached hydrogens (tertiary/aromatic N) is 3. The minimum atomic E-state index is -4.37. The molecule has 0 saturated carbocycles. The molecule has 1 saturated heterocycles. The minimum Gasteiger partial charge on any atom is -0.352 e. The topological polar surface area (TPSA) is 50.2 Å². The van der Waals surface area contributed by atoms with Crippen LogP contribution in [0, 0.1) is 5.92 Å². The lowest BCUT2D eigenvalue weighted by molar-refractivity contribution is -0.137. The molecular weight excluding hydrogens is 393 g/mol. The van der Waals surface area contributed by atoms with Crippen molar-refractivity contribution in [3.8, 4) is 0 Å². The van der Waals surface area contributed by atoms with Crippen molar-refractivity contribution < 1.29 is 18.0 Å². The molecule has 164 valence electrons. The fraction of sp³-hybridized carbons (Fsp3) is 0.545. The van der Waals surface area contributed by atoms with Gasteiger partial charge < -0.3 is 9.88 Å². The van der Waals surface area contributed by atoms with Crippen LogP contribution >= 0.6 is 0 Å². The number of halogens is 3. The number of piperidine rings is 1. The summed E-state index contributed by atoms with van der Waals surface area (Å²) < 4.78 is 40.5. The second-order valence-electron chi connectivity index (χ2n) is 7.86. The van der Waals surface area contributed by atoms with Crippen molar-refractivity contribution in [2.24, 2.45) is 5.92 Å². The molecule has 1 aliphatic rings. The zero-order chi connectivity index (χ0) is 21.6. The van der Waals surface area contributed by atoms with Crippen LogP contribution in [0.3, 0.4) is 0 Å². The smallest absolute Gasteiger partial charge is 0.352 e. The van der Waals surface area contributed by atoms with Crippen molar-refractivity contribution in [1.29, 1.82) is 0 Å². The van der Waals surface area contributed by atoms with E-state index < -0.39 is 11.7 Å². The van der Waals surface area contributed by atoms with Crippen molar-refractivity contribution in [3.05, 3.63) is 53.6 Å². The molecule has 1 aromatic carbocycles. The molecule has 1 fully saturated rings. The summed E-state index contributed by atoms with van der Waals surface area (Å²) >= 11 is 0. The van der Waals surface area contributed by atoms with E-state index in [4.69, 9.17) is 0 Å². The number of hydrogen-bond donors (Lipinski definition) is 1. The lowest BCUT2D eigenvalue weighted by Crippen LogP contribution is -2.34. The van der Waals surface area contributed by atoms with E-state index in [2.05, 4.69) is 26.7 Å². The summed E-state index contributed by atoms with van der Waals surface area (Å²) in [6.45, 7) is 5.98. The lowest BCUT2D eigenvalue weighted by Gasteiger charge is -2.31. The maximum Gasteiger partial charge on any atom is 0.416 e. The summed E-state index contributed by atoms with van der Waals surface area (Å²) in [7, 11) is 0. The predicted octanol–water partition coefficient (Wildman–Crippen LogP) is 4.23. The van der Waals surface area contributed by atoms with E-state index in [1.54, 1.807) is 6.07 Å². The fourth-order valence-corrected chi connectivity index (χ4v) is 3.89. The van der Waals surface area contributed by atoms with Crippen LogP contribution in [0.1, 0.15) is 49.6 Å². The number of amides is 1. The first-order valence-electron chi connectivity index (χ1n) is 10.5. The van der Waals surface area contributed by atoms with E-state index in [-0.39, 0.29) is 12.5 Å². The summed E-state index contributed by atoms with van der Waals surface area (Å²) in [6, 6.07) is 5.08. The third kappa shape index (κ3) is 6.32. The largest absolute Gasteiger partial charge is 0.416 e. The van der Waals surface area contributed by atoms with Gasteiger partial charge >= 0.3 is 6.18 Å². The minimum absolute atomic E-state index is 0.111. The zero-order valence-corrected chi connectivity index (χ0v) is 17.3. The number of hydrogen-bond acceptors (Lipinski definition) is 3. The van der Waals surface area contributed by atoms with Gasteiger partial charge in [-0.3, -0.25) is 9.69 Å². The Labute approximate surface area is 175 Å². The van der Waals surface area contributed by atoms with Crippen LogP contribution in [0.15, 0.2) is 36.7 Å². The van der Waals surface area contributed by atoms with Crippen molar-refractivity contribution in [2.45, 2.75) is 58.4 Å². The van der Waals surface area contributed by atoms with Crippen molar-refractivity contribution >= 4 is 5.91 Å². The molecule has 0 aliphatic carbocycles. The number of carbonyl (C=O) groups is 1. The molecule has 0 radical (unpaired) electrons. The van der Waals surface area contributed by atoms with Gasteiger partial charge in [-0.2, -0.15) is 13.2 Å². The molecule has 1 amide bonds. The average Bonchev–Trinajstić information content (AvgIpc) is 3.18. The summed E-state index contributed by atoms with van der Waals surface area (Å²) in [4.78, 5) is 19.0. The fourth-order valence-electron chi connectivity index (χ4n) is 3.89. The van der Waals surface area contributed by atoms with Gasteiger partial charge in [0.25, 0.3) is 0 Å². The number of imidazole rings is 1. The molecule has 1 aliphatic heterocycles. The van der Waals surface area contributed by atoms with Gasteiger partial charge in [-0.05, 0) is 62.9 Å². The van der Waals surface area contributed by atoms with Crippen LogP contribution in [-0.4, -0.2) is 33.4 Å². The first kappa shape index (κ1) is 22.3. The number of aromatic nitrogens is 2. The highest BCUT2D eigenvalue weighted by Gasteiger charge is 2.30. The highest BCUT2D eigenvalue weighted by molar-refractivity contribution is 5.75. The molecule has 0 atom stereocenters. The van der Waals surface area contributed by atoms with E-state index >= 15 is 0 Å². The highest BCUT2D eigenvalue weighted by atomic mass is 19.4. The Morgan fingerprint density at radius 1 is 1.27 bits per heavy atom. The van der Waals surface area contributed by atoms with Crippen LogP contribution in [0.5, 0.6) is 0 Å². The Morgan fingerprint density at radius 2 is 2.03 bits per heavy atom. The van der Waals surface area contributed by atoms with Crippen molar-refractivity contribution in [2.75, 3.05) is 13.1 Å². The normalized spacial score (nSPS) is 16.0. The number of rotatable bonds is 8. The molecule has 1 N–H and O–H groups in total. The molecule has 2 heterocycles. The maximum absolute atomic E-state index is 12.8. The van der Waals surface area contributed by atoms with Crippen LogP contribution in [0.4, 0.5) is 13.2 Å². The molecule has 0 spiro atoms. The average molecular weight is 422 g/mol. The van der Waals surface area contributed by atoms with E-state index in [1.807, 2.05) is 12.4 Å².